The zero-order chi connectivity index (χ0) is 20.1. The van der Waals surface area contributed by atoms with Crippen LogP contribution in [0.2, 0.25) is 0 Å². The van der Waals surface area contributed by atoms with E-state index in [9.17, 15) is 9.59 Å². The van der Waals surface area contributed by atoms with Gasteiger partial charge in [-0.25, -0.2) is 9.97 Å². The van der Waals surface area contributed by atoms with Crippen LogP contribution in [0.4, 0.5) is 22.9 Å². The van der Waals surface area contributed by atoms with Crippen LogP contribution in [0, 0.1) is 13.8 Å². The first-order valence-electron chi connectivity index (χ1n) is 8.77. The number of benzene rings is 2. The smallest absolute Gasteiger partial charge is 0.274 e. The molecule has 3 N–H and O–H groups in total. The molecule has 0 radical (unpaired) electrons. The Hall–Kier alpha value is -3.74. The molecule has 2 amide bonds. The van der Waals surface area contributed by atoms with Crippen molar-refractivity contribution in [2.75, 3.05) is 16.0 Å². The first-order chi connectivity index (χ1) is 13.4. The van der Waals surface area contributed by atoms with E-state index in [0.29, 0.717) is 23.0 Å². The third-order valence-electron chi connectivity index (χ3n) is 3.80. The van der Waals surface area contributed by atoms with E-state index in [4.69, 9.17) is 0 Å². The van der Waals surface area contributed by atoms with Crippen LogP contribution in [-0.2, 0) is 4.79 Å². The SMILES string of the molecule is CC(=O)Nc1cccc(NC(=O)c2cc(Nc3cccc(C)c3)nc(C)n2)c1. The van der Waals surface area contributed by atoms with Crippen LogP contribution >= 0.6 is 0 Å². The minimum absolute atomic E-state index is 0.179. The number of amides is 2. The molecule has 0 unspecified atom stereocenters. The summed E-state index contributed by atoms with van der Waals surface area (Å²) in [6.45, 7) is 5.16. The van der Waals surface area contributed by atoms with Gasteiger partial charge in [-0.2, -0.15) is 0 Å². The second-order valence-corrected chi connectivity index (χ2v) is 6.40. The molecule has 0 aliphatic rings. The quantitative estimate of drug-likeness (QED) is 0.625. The van der Waals surface area contributed by atoms with Gasteiger partial charge in [0.1, 0.15) is 17.3 Å². The zero-order valence-electron chi connectivity index (χ0n) is 15.9. The Labute approximate surface area is 163 Å². The predicted molar refractivity (Wildman–Crippen MR) is 110 cm³/mol. The molecular weight excluding hydrogens is 354 g/mol. The molecule has 0 aliphatic heterocycles. The molecule has 28 heavy (non-hydrogen) atoms. The lowest BCUT2D eigenvalue weighted by molar-refractivity contribution is -0.114. The Morgan fingerprint density at radius 3 is 2.21 bits per heavy atom. The highest BCUT2D eigenvalue weighted by molar-refractivity contribution is 6.03. The van der Waals surface area contributed by atoms with Crippen LogP contribution in [-0.4, -0.2) is 21.8 Å². The maximum absolute atomic E-state index is 12.6. The maximum atomic E-state index is 12.6. The van der Waals surface area contributed by atoms with Gasteiger partial charge in [0.15, 0.2) is 0 Å². The van der Waals surface area contributed by atoms with Gasteiger partial charge in [-0.05, 0) is 49.7 Å². The first-order valence-corrected chi connectivity index (χ1v) is 8.77. The van der Waals surface area contributed by atoms with Crippen LogP contribution in [0.3, 0.4) is 0 Å². The van der Waals surface area contributed by atoms with E-state index in [1.807, 2.05) is 31.2 Å². The summed E-state index contributed by atoms with van der Waals surface area (Å²) in [5.41, 5.74) is 3.40. The fourth-order valence-corrected chi connectivity index (χ4v) is 2.69. The van der Waals surface area contributed by atoms with Gasteiger partial charge in [-0.3, -0.25) is 9.59 Å². The fourth-order valence-electron chi connectivity index (χ4n) is 2.69. The van der Waals surface area contributed by atoms with E-state index in [1.54, 1.807) is 37.3 Å². The number of hydrogen-bond acceptors (Lipinski definition) is 5. The average molecular weight is 375 g/mol. The largest absolute Gasteiger partial charge is 0.340 e. The van der Waals surface area contributed by atoms with Gasteiger partial charge in [-0.1, -0.05) is 18.2 Å². The summed E-state index contributed by atoms with van der Waals surface area (Å²) in [4.78, 5) is 32.4. The first kappa shape index (κ1) is 19.0. The molecule has 0 aliphatic carbocycles. The van der Waals surface area contributed by atoms with Crippen molar-refractivity contribution in [2.45, 2.75) is 20.8 Å². The summed E-state index contributed by atoms with van der Waals surface area (Å²) in [7, 11) is 0. The summed E-state index contributed by atoms with van der Waals surface area (Å²) >= 11 is 0. The van der Waals surface area contributed by atoms with Crippen molar-refractivity contribution in [3.05, 3.63) is 71.7 Å². The Morgan fingerprint density at radius 1 is 0.821 bits per heavy atom. The van der Waals surface area contributed by atoms with Crippen molar-refractivity contribution < 1.29 is 9.59 Å². The van der Waals surface area contributed by atoms with Crippen molar-refractivity contribution in [1.82, 2.24) is 9.97 Å². The Morgan fingerprint density at radius 2 is 1.50 bits per heavy atom. The van der Waals surface area contributed by atoms with Crippen molar-refractivity contribution >= 4 is 34.7 Å². The van der Waals surface area contributed by atoms with Gasteiger partial charge in [0, 0.05) is 30.1 Å². The Balaban J connectivity index is 1.78. The average Bonchev–Trinajstić information content (AvgIpc) is 2.61. The number of aryl methyl sites for hydroxylation is 2. The second-order valence-electron chi connectivity index (χ2n) is 6.40. The predicted octanol–water partition coefficient (Wildman–Crippen LogP) is 4.05. The molecule has 1 aromatic heterocycles. The molecule has 0 bridgehead atoms. The molecule has 2 aromatic carbocycles. The molecule has 0 spiro atoms. The van der Waals surface area contributed by atoms with Crippen LogP contribution in [0.15, 0.2) is 54.6 Å². The van der Waals surface area contributed by atoms with Crippen LogP contribution < -0.4 is 16.0 Å². The number of anilines is 4. The maximum Gasteiger partial charge on any atom is 0.274 e. The van der Waals surface area contributed by atoms with E-state index in [-0.39, 0.29) is 17.5 Å². The number of nitrogens with one attached hydrogen (secondary N) is 3. The summed E-state index contributed by atoms with van der Waals surface area (Å²) in [6, 6.07) is 16.4. The monoisotopic (exact) mass is 375 g/mol. The molecule has 3 rings (SSSR count). The van der Waals surface area contributed by atoms with Crippen molar-refractivity contribution in [3.8, 4) is 0 Å². The lowest BCUT2D eigenvalue weighted by atomic mass is 10.2. The molecule has 3 aromatic rings. The molecule has 0 saturated carbocycles. The molecule has 7 nitrogen and oxygen atoms in total. The third kappa shape index (κ3) is 5.14. The lowest BCUT2D eigenvalue weighted by Gasteiger charge is -2.10. The van der Waals surface area contributed by atoms with Crippen molar-refractivity contribution in [1.29, 1.82) is 0 Å². The van der Waals surface area contributed by atoms with Crippen LogP contribution in [0.1, 0.15) is 28.8 Å². The molecule has 7 heteroatoms. The van der Waals surface area contributed by atoms with E-state index in [1.165, 1.54) is 6.92 Å². The van der Waals surface area contributed by atoms with Gasteiger partial charge in [-0.15, -0.1) is 0 Å². The molecular formula is C21H21N5O2. The summed E-state index contributed by atoms with van der Waals surface area (Å²) in [6.07, 6.45) is 0. The van der Waals surface area contributed by atoms with Crippen molar-refractivity contribution in [2.24, 2.45) is 0 Å². The summed E-state index contributed by atoms with van der Waals surface area (Å²) < 4.78 is 0. The number of rotatable bonds is 5. The molecule has 0 saturated heterocycles. The molecule has 1 heterocycles. The fraction of sp³-hybridized carbons (Fsp3) is 0.143. The number of carbonyl (C=O) groups is 2. The molecule has 142 valence electrons. The van der Waals surface area contributed by atoms with Crippen molar-refractivity contribution in [3.63, 3.8) is 0 Å². The lowest BCUT2D eigenvalue weighted by Crippen LogP contribution is -2.15. The van der Waals surface area contributed by atoms with E-state index in [0.717, 1.165) is 11.3 Å². The Bertz CT molecular complexity index is 1030. The zero-order valence-corrected chi connectivity index (χ0v) is 15.9. The summed E-state index contributed by atoms with van der Waals surface area (Å²) in [5, 5.41) is 8.67. The van der Waals surface area contributed by atoms with Gasteiger partial charge < -0.3 is 16.0 Å². The topological polar surface area (TPSA) is 96.0 Å². The van der Waals surface area contributed by atoms with Gasteiger partial charge in [0.25, 0.3) is 5.91 Å². The molecule has 0 fully saturated rings. The van der Waals surface area contributed by atoms with Crippen LogP contribution in [0.5, 0.6) is 0 Å². The van der Waals surface area contributed by atoms with Gasteiger partial charge in [0.2, 0.25) is 5.91 Å². The highest BCUT2D eigenvalue weighted by atomic mass is 16.2. The minimum atomic E-state index is -0.363. The van der Waals surface area contributed by atoms with E-state index < -0.39 is 0 Å². The Kier molecular flexibility index (Phi) is 5.64. The third-order valence-corrected chi connectivity index (χ3v) is 3.80. The number of carbonyl (C=O) groups excluding carboxylic acids is 2. The second kappa shape index (κ2) is 8.30. The number of aromatic nitrogens is 2. The van der Waals surface area contributed by atoms with Gasteiger partial charge in [0.05, 0.1) is 0 Å². The highest BCUT2D eigenvalue weighted by Gasteiger charge is 2.12. The normalized spacial score (nSPS) is 10.2. The number of hydrogen-bond donors (Lipinski definition) is 3. The minimum Gasteiger partial charge on any atom is -0.340 e. The van der Waals surface area contributed by atoms with E-state index >= 15 is 0 Å². The standard InChI is InChI=1S/C21H21N5O2/c1-13-6-4-7-16(10-13)25-20-12-19(22-14(2)23-20)21(28)26-18-9-5-8-17(11-18)24-15(3)27/h4-12H,1-3H3,(H,24,27)(H,26,28)(H,22,23,25). The van der Waals surface area contributed by atoms with Gasteiger partial charge >= 0.3 is 0 Å². The summed E-state index contributed by atoms with van der Waals surface area (Å²) in [5.74, 6) is 0.476. The molecule has 0 atom stereocenters. The highest BCUT2D eigenvalue weighted by Crippen LogP contribution is 2.19. The number of nitrogens with zero attached hydrogens (tertiary/aromatic N) is 2. The van der Waals surface area contributed by atoms with E-state index in [2.05, 4.69) is 25.9 Å². The van der Waals surface area contributed by atoms with Crippen LogP contribution in [0.25, 0.3) is 0 Å².